The molecule has 1 atom stereocenters. The third kappa shape index (κ3) is 3.61. The van der Waals surface area contributed by atoms with Crippen molar-refractivity contribution < 1.29 is 9.18 Å². The summed E-state index contributed by atoms with van der Waals surface area (Å²) in [6, 6.07) is 18.4. The van der Waals surface area contributed by atoms with Crippen LogP contribution < -0.4 is 5.32 Å². The lowest BCUT2D eigenvalue weighted by Crippen LogP contribution is -2.29. The monoisotopic (exact) mass is 306 g/mol. The smallest absolute Gasteiger partial charge is 0.252 e. The standard InChI is InChI=1S/C19H15FN2O/c20-17-8-6-14(7-9-17)18(15-10-12-21-13-11-15)22-19(23)16-4-2-1-3-5-16/h1-13,18H,(H,22,23). The van der Waals surface area contributed by atoms with Crippen LogP contribution in [0.15, 0.2) is 79.1 Å². The molecule has 0 saturated heterocycles. The number of hydrogen-bond acceptors (Lipinski definition) is 2. The van der Waals surface area contributed by atoms with Gasteiger partial charge < -0.3 is 5.32 Å². The van der Waals surface area contributed by atoms with E-state index < -0.39 is 0 Å². The van der Waals surface area contributed by atoms with Gasteiger partial charge in [-0.25, -0.2) is 4.39 Å². The molecule has 0 aliphatic rings. The number of amides is 1. The molecular weight excluding hydrogens is 291 g/mol. The van der Waals surface area contributed by atoms with Crippen LogP contribution in [0, 0.1) is 5.82 Å². The fourth-order valence-electron chi connectivity index (χ4n) is 2.37. The molecule has 3 rings (SSSR count). The number of halogens is 1. The zero-order valence-electron chi connectivity index (χ0n) is 12.3. The molecule has 0 aliphatic carbocycles. The highest BCUT2D eigenvalue weighted by molar-refractivity contribution is 5.94. The Morgan fingerprint density at radius 1 is 0.870 bits per heavy atom. The summed E-state index contributed by atoms with van der Waals surface area (Å²) in [7, 11) is 0. The molecule has 2 aromatic carbocycles. The molecule has 4 heteroatoms. The minimum Gasteiger partial charge on any atom is -0.341 e. The van der Waals surface area contributed by atoms with Gasteiger partial charge in [0.1, 0.15) is 5.82 Å². The summed E-state index contributed by atoms with van der Waals surface area (Å²) in [4.78, 5) is 16.5. The van der Waals surface area contributed by atoms with Crippen molar-refractivity contribution in [2.75, 3.05) is 0 Å². The van der Waals surface area contributed by atoms with E-state index in [1.807, 2.05) is 30.3 Å². The van der Waals surface area contributed by atoms with E-state index in [0.717, 1.165) is 11.1 Å². The Labute approximate surface area is 133 Å². The van der Waals surface area contributed by atoms with E-state index in [1.165, 1.54) is 12.1 Å². The number of rotatable bonds is 4. The van der Waals surface area contributed by atoms with Crippen LogP contribution in [0.2, 0.25) is 0 Å². The van der Waals surface area contributed by atoms with Gasteiger partial charge in [0, 0.05) is 18.0 Å². The first-order valence-corrected chi connectivity index (χ1v) is 7.25. The average Bonchev–Trinajstić information content (AvgIpc) is 2.62. The number of nitrogens with zero attached hydrogens (tertiary/aromatic N) is 1. The van der Waals surface area contributed by atoms with Crippen molar-refractivity contribution in [1.29, 1.82) is 0 Å². The number of benzene rings is 2. The van der Waals surface area contributed by atoms with Crippen molar-refractivity contribution >= 4 is 5.91 Å². The third-order valence-electron chi connectivity index (χ3n) is 3.55. The van der Waals surface area contributed by atoms with Crippen LogP contribution in [0.25, 0.3) is 0 Å². The molecule has 0 fully saturated rings. The summed E-state index contributed by atoms with van der Waals surface area (Å²) in [6.07, 6.45) is 3.33. The van der Waals surface area contributed by atoms with Gasteiger partial charge in [-0.1, -0.05) is 30.3 Å². The average molecular weight is 306 g/mol. The molecule has 0 saturated carbocycles. The lowest BCUT2D eigenvalue weighted by molar-refractivity contribution is 0.0943. The van der Waals surface area contributed by atoms with Crippen molar-refractivity contribution in [2.24, 2.45) is 0 Å². The molecular formula is C19H15FN2O. The van der Waals surface area contributed by atoms with Gasteiger partial charge in [0.25, 0.3) is 5.91 Å². The van der Waals surface area contributed by atoms with Crippen molar-refractivity contribution in [3.63, 3.8) is 0 Å². The number of pyridine rings is 1. The highest BCUT2D eigenvalue weighted by Gasteiger charge is 2.17. The molecule has 23 heavy (non-hydrogen) atoms. The first-order chi connectivity index (χ1) is 11.2. The molecule has 3 nitrogen and oxygen atoms in total. The van der Waals surface area contributed by atoms with Gasteiger partial charge in [-0.05, 0) is 47.5 Å². The van der Waals surface area contributed by atoms with Crippen LogP contribution in [0.5, 0.6) is 0 Å². The minimum absolute atomic E-state index is 0.184. The number of carbonyl (C=O) groups excluding carboxylic acids is 1. The third-order valence-corrected chi connectivity index (χ3v) is 3.55. The van der Waals surface area contributed by atoms with Gasteiger partial charge in [0.05, 0.1) is 6.04 Å². The predicted octanol–water partition coefficient (Wildman–Crippen LogP) is 3.74. The number of aromatic nitrogens is 1. The Balaban J connectivity index is 1.93. The van der Waals surface area contributed by atoms with Crippen LogP contribution >= 0.6 is 0 Å². The summed E-state index contributed by atoms with van der Waals surface area (Å²) in [5, 5.41) is 3.00. The number of nitrogens with one attached hydrogen (secondary N) is 1. The van der Waals surface area contributed by atoms with Crippen molar-refractivity contribution in [3.8, 4) is 0 Å². The molecule has 1 heterocycles. The molecule has 1 unspecified atom stereocenters. The maximum absolute atomic E-state index is 13.2. The molecule has 114 valence electrons. The Hall–Kier alpha value is -3.01. The number of hydrogen-bond donors (Lipinski definition) is 1. The van der Waals surface area contributed by atoms with Crippen LogP contribution in [0.3, 0.4) is 0 Å². The maximum Gasteiger partial charge on any atom is 0.252 e. The molecule has 1 aromatic heterocycles. The van der Waals surface area contributed by atoms with E-state index in [-0.39, 0.29) is 17.8 Å². The van der Waals surface area contributed by atoms with Crippen molar-refractivity contribution in [2.45, 2.75) is 6.04 Å². The summed E-state index contributed by atoms with van der Waals surface area (Å²) in [5.41, 5.74) is 2.27. The van der Waals surface area contributed by atoms with Gasteiger partial charge in [-0.2, -0.15) is 0 Å². The fraction of sp³-hybridized carbons (Fsp3) is 0.0526. The van der Waals surface area contributed by atoms with Gasteiger partial charge in [0.15, 0.2) is 0 Å². The first-order valence-electron chi connectivity index (χ1n) is 7.25. The summed E-state index contributed by atoms with van der Waals surface area (Å²) in [6.45, 7) is 0. The molecule has 0 bridgehead atoms. The second kappa shape index (κ2) is 6.83. The second-order valence-electron chi connectivity index (χ2n) is 5.10. The van der Waals surface area contributed by atoms with E-state index >= 15 is 0 Å². The highest BCUT2D eigenvalue weighted by atomic mass is 19.1. The van der Waals surface area contributed by atoms with Gasteiger partial charge in [0.2, 0.25) is 0 Å². The molecule has 1 amide bonds. The van der Waals surface area contributed by atoms with Crippen LogP contribution in [-0.2, 0) is 0 Å². The molecule has 1 N–H and O–H groups in total. The van der Waals surface area contributed by atoms with E-state index in [1.54, 1.807) is 36.7 Å². The highest BCUT2D eigenvalue weighted by Crippen LogP contribution is 2.22. The topological polar surface area (TPSA) is 42.0 Å². The van der Waals surface area contributed by atoms with E-state index in [0.29, 0.717) is 5.56 Å². The first kappa shape index (κ1) is 14.9. The fourth-order valence-corrected chi connectivity index (χ4v) is 2.37. The largest absolute Gasteiger partial charge is 0.341 e. The predicted molar refractivity (Wildman–Crippen MR) is 86.4 cm³/mol. The van der Waals surface area contributed by atoms with Gasteiger partial charge in [-0.15, -0.1) is 0 Å². The molecule has 0 aliphatic heterocycles. The zero-order chi connectivity index (χ0) is 16.1. The quantitative estimate of drug-likeness (QED) is 0.798. The van der Waals surface area contributed by atoms with Crippen LogP contribution in [0.4, 0.5) is 4.39 Å². The zero-order valence-corrected chi connectivity index (χ0v) is 12.3. The Bertz CT molecular complexity index is 773. The summed E-state index contributed by atoms with van der Waals surface area (Å²) in [5.74, 6) is -0.492. The van der Waals surface area contributed by atoms with E-state index in [9.17, 15) is 9.18 Å². The summed E-state index contributed by atoms with van der Waals surface area (Å²) >= 11 is 0. The SMILES string of the molecule is O=C(NC(c1ccncc1)c1ccc(F)cc1)c1ccccc1. The Morgan fingerprint density at radius 2 is 1.48 bits per heavy atom. The van der Waals surface area contributed by atoms with Crippen LogP contribution in [0.1, 0.15) is 27.5 Å². The van der Waals surface area contributed by atoms with E-state index in [2.05, 4.69) is 10.3 Å². The molecule has 0 radical (unpaired) electrons. The second-order valence-corrected chi connectivity index (χ2v) is 5.10. The summed E-state index contributed by atoms with van der Waals surface area (Å²) < 4.78 is 13.2. The molecule has 0 spiro atoms. The van der Waals surface area contributed by atoms with Crippen molar-refractivity contribution in [1.82, 2.24) is 10.3 Å². The van der Waals surface area contributed by atoms with Gasteiger partial charge >= 0.3 is 0 Å². The lowest BCUT2D eigenvalue weighted by atomic mass is 9.99. The Kier molecular flexibility index (Phi) is 4.43. The van der Waals surface area contributed by atoms with Crippen molar-refractivity contribution in [3.05, 3.63) is 102 Å². The Morgan fingerprint density at radius 3 is 2.13 bits per heavy atom. The number of carbonyl (C=O) groups is 1. The lowest BCUT2D eigenvalue weighted by Gasteiger charge is -2.20. The maximum atomic E-state index is 13.2. The van der Waals surface area contributed by atoms with Crippen LogP contribution in [-0.4, -0.2) is 10.9 Å². The molecule has 3 aromatic rings. The van der Waals surface area contributed by atoms with Gasteiger partial charge in [-0.3, -0.25) is 9.78 Å². The minimum atomic E-state index is -0.369. The normalized spacial score (nSPS) is 11.7. The van der Waals surface area contributed by atoms with E-state index in [4.69, 9.17) is 0 Å².